The number of carbonyl (C=O) groups is 1. The van der Waals surface area contributed by atoms with E-state index in [4.69, 9.17) is 0 Å². The van der Waals surface area contributed by atoms with Crippen molar-refractivity contribution in [3.63, 3.8) is 0 Å². The molecule has 0 aromatic heterocycles. The summed E-state index contributed by atoms with van der Waals surface area (Å²) in [5.74, 6) is 0.338. The van der Waals surface area contributed by atoms with E-state index >= 15 is 0 Å². The maximum Gasteiger partial charge on any atom is 0.242 e. The molecule has 19 heavy (non-hydrogen) atoms. The summed E-state index contributed by atoms with van der Waals surface area (Å²) < 4.78 is 0. The van der Waals surface area contributed by atoms with Gasteiger partial charge in [0, 0.05) is 19.1 Å². The Hall–Kier alpha value is -0.610. The molecule has 0 aromatic rings. The minimum Gasteiger partial charge on any atom is -0.341 e. The topological polar surface area (TPSA) is 35.6 Å². The number of nitrogens with one attached hydrogen (secondary N) is 1. The second-order valence-electron chi connectivity index (χ2n) is 6.63. The van der Waals surface area contributed by atoms with Crippen LogP contribution in [0.5, 0.6) is 0 Å². The average Bonchev–Trinajstić information content (AvgIpc) is 3.10. The molecule has 3 rings (SSSR count). The van der Waals surface area contributed by atoms with E-state index in [-0.39, 0.29) is 5.54 Å². The van der Waals surface area contributed by atoms with Crippen LogP contribution in [-0.2, 0) is 4.79 Å². The van der Waals surface area contributed by atoms with E-state index < -0.39 is 0 Å². The highest BCUT2D eigenvalue weighted by molar-refractivity contribution is 5.86. The number of likely N-dealkylation sites (tertiary alicyclic amines) is 2. The van der Waals surface area contributed by atoms with Gasteiger partial charge < -0.3 is 15.1 Å². The smallest absolute Gasteiger partial charge is 0.242 e. The lowest BCUT2D eigenvalue weighted by atomic mass is 9.95. The van der Waals surface area contributed by atoms with Crippen molar-refractivity contribution in [1.82, 2.24) is 15.1 Å². The van der Waals surface area contributed by atoms with Gasteiger partial charge in [0.05, 0.1) is 5.54 Å². The molecule has 1 amide bonds. The molecular formula is C15H27N3O. The summed E-state index contributed by atoms with van der Waals surface area (Å²) >= 11 is 0. The third-order valence-corrected chi connectivity index (χ3v) is 5.25. The summed E-state index contributed by atoms with van der Waals surface area (Å²) in [4.78, 5) is 17.3. The van der Waals surface area contributed by atoms with Crippen LogP contribution in [0.15, 0.2) is 0 Å². The van der Waals surface area contributed by atoms with Crippen LogP contribution in [0.1, 0.15) is 45.4 Å². The van der Waals surface area contributed by atoms with E-state index in [9.17, 15) is 4.79 Å². The van der Waals surface area contributed by atoms with Gasteiger partial charge in [-0.15, -0.1) is 0 Å². The first-order chi connectivity index (χ1) is 9.19. The zero-order valence-corrected chi connectivity index (χ0v) is 12.2. The van der Waals surface area contributed by atoms with Gasteiger partial charge in [0.25, 0.3) is 0 Å². The Morgan fingerprint density at radius 2 is 1.79 bits per heavy atom. The number of rotatable bonds is 2. The maximum atomic E-state index is 12.6. The number of amides is 1. The largest absolute Gasteiger partial charge is 0.341 e. The van der Waals surface area contributed by atoms with Crippen molar-refractivity contribution in [3.8, 4) is 0 Å². The fourth-order valence-corrected chi connectivity index (χ4v) is 3.97. The van der Waals surface area contributed by atoms with Crippen molar-refractivity contribution in [3.05, 3.63) is 0 Å². The quantitative estimate of drug-likeness (QED) is 0.815. The van der Waals surface area contributed by atoms with E-state index in [2.05, 4.69) is 22.0 Å². The second-order valence-corrected chi connectivity index (χ2v) is 6.63. The summed E-state index contributed by atoms with van der Waals surface area (Å²) in [7, 11) is 0. The fourth-order valence-electron chi connectivity index (χ4n) is 3.97. The average molecular weight is 265 g/mol. The highest BCUT2D eigenvalue weighted by atomic mass is 16.2. The molecule has 0 bridgehead atoms. The van der Waals surface area contributed by atoms with E-state index in [1.807, 2.05) is 0 Å². The lowest BCUT2D eigenvalue weighted by Gasteiger charge is -2.39. The predicted octanol–water partition coefficient (Wildman–Crippen LogP) is 1.22. The predicted molar refractivity (Wildman–Crippen MR) is 76.1 cm³/mol. The standard InChI is InChI=1S/C15H27N3O/c1-15(7-4-8-16-15)14(19)18-11-5-13(6-12-18)17-9-2-3-10-17/h13,16H,2-12H2,1H3. The number of nitrogens with zero attached hydrogens (tertiary/aromatic N) is 2. The molecule has 3 fully saturated rings. The van der Waals surface area contributed by atoms with Gasteiger partial charge in [0.15, 0.2) is 0 Å². The van der Waals surface area contributed by atoms with Crippen molar-refractivity contribution in [1.29, 1.82) is 0 Å². The summed E-state index contributed by atoms with van der Waals surface area (Å²) in [6, 6.07) is 0.732. The Morgan fingerprint density at radius 3 is 2.37 bits per heavy atom. The molecule has 0 spiro atoms. The zero-order chi connectivity index (χ0) is 13.3. The van der Waals surface area contributed by atoms with Gasteiger partial charge in [-0.05, 0) is 65.1 Å². The molecule has 0 aromatic carbocycles. The summed E-state index contributed by atoms with van der Waals surface area (Å²) in [5, 5.41) is 3.39. The van der Waals surface area contributed by atoms with Gasteiger partial charge in [-0.1, -0.05) is 0 Å². The molecule has 3 saturated heterocycles. The Kier molecular flexibility index (Phi) is 3.81. The summed E-state index contributed by atoms with van der Waals surface area (Å²) in [6.45, 7) is 7.53. The van der Waals surface area contributed by atoms with Crippen molar-refractivity contribution < 1.29 is 4.79 Å². The molecule has 4 nitrogen and oxygen atoms in total. The molecule has 3 aliphatic heterocycles. The first-order valence-corrected chi connectivity index (χ1v) is 7.97. The van der Waals surface area contributed by atoms with Gasteiger partial charge in [-0.25, -0.2) is 0 Å². The number of hydrogen-bond acceptors (Lipinski definition) is 3. The van der Waals surface area contributed by atoms with E-state index in [0.29, 0.717) is 5.91 Å². The van der Waals surface area contributed by atoms with Gasteiger partial charge in [0.1, 0.15) is 0 Å². The van der Waals surface area contributed by atoms with Crippen molar-refractivity contribution in [2.45, 2.75) is 57.0 Å². The molecule has 1 unspecified atom stereocenters. The lowest BCUT2D eigenvalue weighted by Crippen LogP contribution is -2.56. The first-order valence-electron chi connectivity index (χ1n) is 7.97. The molecule has 1 atom stereocenters. The molecule has 3 heterocycles. The molecule has 4 heteroatoms. The fraction of sp³-hybridized carbons (Fsp3) is 0.933. The Morgan fingerprint density at radius 1 is 1.11 bits per heavy atom. The van der Waals surface area contributed by atoms with Gasteiger partial charge in [-0.3, -0.25) is 4.79 Å². The third-order valence-electron chi connectivity index (χ3n) is 5.25. The van der Waals surface area contributed by atoms with Crippen molar-refractivity contribution >= 4 is 5.91 Å². The molecule has 108 valence electrons. The van der Waals surface area contributed by atoms with Crippen LogP contribution in [-0.4, -0.2) is 60.0 Å². The molecule has 3 aliphatic rings. The van der Waals surface area contributed by atoms with Gasteiger partial charge in [0.2, 0.25) is 5.91 Å². The Labute approximate surface area is 116 Å². The van der Waals surface area contributed by atoms with Crippen molar-refractivity contribution in [2.24, 2.45) is 0 Å². The first kappa shape index (κ1) is 13.4. The SMILES string of the molecule is CC1(C(=O)N2CCC(N3CCCC3)CC2)CCCN1. The van der Waals surface area contributed by atoms with Crippen LogP contribution < -0.4 is 5.32 Å². The van der Waals surface area contributed by atoms with Gasteiger partial charge in [-0.2, -0.15) is 0 Å². The zero-order valence-electron chi connectivity index (χ0n) is 12.2. The lowest BCUT2D eigenvalue weighted by molar-refractivity contribution is -0.138. The minimum absolute atomic E-state index is 0.277. The Bertz CT molecular complexity index is 324. The number of piperidine rings is 1. The number of hydrogen-bond donors (Lipinski definition) is 1. The number of carbonyl (C=O) groups excluding carboxylic acids is 1. The van der Waals surface area contributed by atoms with E-state index in [0.717, 1.165) is 38.5 Å². The van der Waals surface area contributed by atoms with Gasteiger partial charge >= 0.3 is 0 Å². The van der Waals surface area contributed by atoms with Crippen LogP contribution in [0.25, 0.3) is 0 Å². The molecular weight excluding hydrogens is 238 g/mol. The maximum absolute atomic E-state index is 12.6. The highest BCUT2D eigenvalue weighted by Crippen LogP contribution is 2.25. The summed E-state index contributed by atoms with van der Waals surface area (Å²) in [5.41, 5.74) is -0.277. The minimum atomic E-state index is -0.277. The normalized spacial score (nSPS) is 34.1. The van der Waals surface area contributed by atoms with Crippen LogP contribution in [0.3, 0.4) is 0 Å². The van der Waals surface area contributed by atoms with Crippen LogP contribution >= 0.6 is 0 Å². The van der Waals surface area contributed by atoms with Crippen LogP contribution in [0, 0.1) is 0 Å². The summed E-state index contributed by atoms with van der Waals surface area (Å²) in [6.07, 6.45) is 7.19. The monoisotopic (exact) mass is 265 g/mol. The second kappa shape index (κ2) is 5.41. The highest BCUT2D eigenvalue weighted by Gasteiger charge is 2.40. The Balaban J connectivity index is 1.53. The molecule has 0 saturated carbocycles. The van der Waals surface area contributed by atoms with Crippen LogP contribution in [0.4, 0.5) is 0 Å². The third kappa shape index (κ3) is 2.65. The molecule has 0 radical (unpaired) electrons. The van der Waals surface area contributed by atoms with E-state index in [1.54, 1.807) is 0 Å². The molecule has 0 aliphatic carbocycles. The molecule has 1 N–H and O–H groups in total. The van der Waals surface area contributed by atoms with E-state index in [1.165, 1.54) is 38.8 Å². The van der Waals surface area contributed by atoms with Crippen molar-refractivity contribution in [2.75, 3.05) is 32.7 Å². The van der Waals surface area contributed by atoms with Crippen LogP contribution in [0.2, 0.25) is 0 Å².